The molecule has 0 aromatic carbocycles. The Kier molecular flexibility index (Phi) is 2.18. The van der Waals surface area contributed by atoms with Gasteiger partial charge in [-0.05, 0) is 0 Å². The molecule has 1 aromatic heterocycles. The third kappa shape index (κ3) is 1.42. The van der Waals surface area contributed by atoms with E-state index in [4.69, 9.17) is 0 Å². The highest BCUT2D eigenvalue weighted by molar-refractivity contribution is 4.84. The quantitative estimate of drug-likeness (QED) is 0.468. The molecule has 10 heavy (non-hydrogen) atoms. The Morgan fingerprint density at radius 2 is 1.90 bits per heavy atom. The molecule has 1 N–H and O–H groups in total. The van der Waals surface area contributed by atoms with E-state index in [9.17, 15) is 5.11 Å². The normalized spacial score (nSPS) is 12.5. The van der Waals surface area contributed by atoms with Gasteiger partial charge in [0.25, 0.3) is 6.23 Å². The van der Waals surface area contributed by atoms with Crippen LogP contribution < -0.4 is 4.57 Å². The Morgan fingerprint density at radius 1 is 1.30 bits per heavy atom. The van der Waals surface area contributed by atoms with Gasteiger partial charge >= 0.3 is 0 Å². The van der Waals surface area contributed by atoms with Gasteiger partial charge in [0.15, 0.2) is 12.4 Å². The third-order valence-corrected chi connectivity index (χ3v) is 1.25. The van der Waals surface area contributed by atoms with Crippen LogP contribution >= 0.6 is 0 Å². The molecule has 0 fully saturated rings. The summed E-state index contributed by atoms with van der Waals surface area (Å²) in [5.41, 5.74) is 0. The minimum absolute atomic E-state index is 0.610. The number of aromatic nitrogens is 1. The van der Waals surface area contributed by atoms with Gasteiger partial charge in [-0.25, -0.2) is 0 Å². The standard InChI is InChI=1S/C8H10NO/c1-2-8(10)9-6-4-3-5-7-9/h2-8,10H,1H2/q+1. The summed E-state index contributed by atoms with van der Waals surface area (Å²) in [6.45, 7) is 3.47. The Labute approximate surface area is 60.1 Å². The monoisotopic (exact) mass is 136 g/mol. The number of pyridine rings is 1. The molecule has 0 aliphatic rings. The number of aliphatic hydroxyl groups is 1. The van der Waals surface area contributed by atoms with Crippen LogP contribution in [0.25, 0.3) is 0 Å². The van der Waals surface area contributed by atoms with E-state index in [1.807, 2.05) is 18.2 Å². The first-order chi connectivity index (χ1) is 4.84. The summed E-state index contributed by atoms with van der Waals surface area (Å²) < 4.78 is 1.66. The van der Waals surface area contributed by atoms with Gasteiger partial charge in [0.1, 0.15) is 0 Å². The molecule has 0 aliphatic heterocycles. The van der Waals surface area contributed by atoms with Gasteiger partial charge < -0.3 is 5.11 Å². The number of aliphatic hydroxyl groups excluding tert-OH is 1. The van der Waals surface area contributed by atoms with Gasteiger partial charge in [-0.1, -0.05) is 12.6 Å². The molecule has 0 bridgehead atoms. The lowest BCUT2D eigenvalue weighted by Gasteiger charge is -1.96. The molecule has 52 valence electrons. The molecule has 0 saturated heterocycles. The Bertz CT molecular complexity index is 208. The Hall–Kier alpha value is -1.15. The van der Waals surface area contributed by atoms with Gasteiger partial charge in [-0.3, -0.25) is 0 Å². The second kappa shape index (κ2) is 3.13. The fraction of sp³-hybridized carbons (Fsp3) is 0.125. The molecule has 0 amide bonds. The summed E-state index contributed by atoms with van der Waals surface area (Å²) in [5, 5.41) is 9.17. The lowest BCUT2D eigenvalue weighted by atomic mass is 10.4. The summed E-state index contributed by atoms with van der Waals surface area (Å²) in [4.78, 5) is 0. The topological polar surface area (TPSA) is 24.1 Å². The smallest absolute Gasteiger partial charge is 0.279 e. The van der Waals surface area contributed by atoms with Crippen molar-refractivity contribution in [2.45, 2.75) is 6.23 Å². The summed E-state index contributed by atoms with van der Waals surface area (Å²) in [6.07, 6.45) is 4.43. The largest absolute Gasteiger partial charge is 0.333 e. The molecule has 1 rings (SSSR count). The minimum Gasteiger partial charge on any atom is -0.333 e. The van der Waals surface area contributed by atoms with Crippen LogP contribution in [0.4, 0.5) is 0 Å². The van der Waals surface area contributed by atoms with Crippen LogP contribution in [0.15, 0.2) is 43.2 Å². The molecule has 1 heterocycles. The second-order valence-electron chi connectivity index (χ2n) is 1.97. The van der Waals surface area contributed by atoms with E-state index in [1.54, 1.807) is 17.0 Å². The highest BCUT2D eigenvalue weighted by atomic mass is 16.3. The van der Waals surface area contributed by atoms with Gasteiger partial charge in [0.2, 0.25) is 0 Å². The third-order valence-electron chi connectivity index (χ3n) is 1.25. The van der Waals surface area contributed by atoms with Gasteiger partial charge in [-0.15, -0.1) is 0 Å². The van der Waals surface area contributed by atoms with Crippen LogP contribution in [-0.4, -0.2) is 5.11 Å². The average Bonchev–Trinajstić information content (AvgIpc) is 2.05. The number of hydrogen-bond donors (Lipinski definition) is 1. The van der Waals surface area contributed by atoms with E-state index in [1.165, 1.54) is 6.08 Å². The van der Waals surface area contributed by atoms with Crippen molar-refractivity contribution in [2.75, 3.05) is 0 Å². The van der Waals surface area contributed by atoms with E-state index in [2.05, 4.69) is 6.58 Å². The summed E-state index contributed by atoms with van der Waals surface area (Å²) >= 11 is 0. The predicted octanol–water partition coefficient (Wildman–Crippen LogP) is 0.651. The van der Waals surface area contributed by atoms with Crippen molar-refractivity contribution >= 4 is 0 Å². The molecule has 2 nitrogen and oxygen atoms in total. The summed E-state index contributed by atoms with van der Waals surface area (Å²) in [7, 11) is 0. The molecule has 0 spiro atoms. The SMILES string of the molecule is C=CC(O)[n+]1ccccc1. The van der Waals surface area contributed by atoms with E-state index >= 15 is 0 Å². The van der Waals surface area contributed by atoms with Crippen LogP contribution in [0.3, 0.4) is 0 Å². The fourth-order valence-corrected chi connectivity index (χ4v) is 0.710. The van der Waals surface area contributed by atoms with Gasteiger partial charge in [0, 0.05) is 18.2 Å². The zero-order valence-corrected chi connectivity index (χ0v) is 5.64. The van der Waals surface area contributed by atoms with Crippen LogP contribution in [0.1, 0.15) is 6.23 Å². The lowest BCUT2D eigenvalue weighted by molar-refractivity contribution is -0.747. The lowest BCUT2D eigenvalue weighted by Crippen LogP contribution is -2.36. The highest BCUT2D eigenvalue weighted by Crippen LogP contribution is 1.88. The first-order valence-electron chi connectivity index (χ1n) is 3.11. The summed E-state index contributed by atoms with van der Waals surface area (Å²) in [6, 6.07) is 5.60. The van der Waals surface area contributed by atoms with Crippen LogP contribution in [-0.2, 0) is 0 Å². The maximum atomic E-state index is 9.17. The van der Waals surface area contributed by atoms with Crippen molar-refractivity contribution in [3.63, 3.8) is 0 Å². The Morgan fingerprint density at radius 3 is 2.40 bits per heavy atom. The molecule has 2 heteroatoms. The van der Waals surface area contributed by atoms with E-state index in [0.717, 1.165) is 0 Å². The van der Waals surface area contributed by atoms with Gasteiger partial charge in [0.05, 0.1) is 0 Å². The summed E-state index contributed by atoms with van der Waals surface area (Å²) in [5.74, 6) is 0. The second-order valence-corrected chi connectivity index (χ2v) is 1.97. The molecule has 0 aliphatic carbocycles. The maximum Gasteiger partial charge on any atom is 0.279 e. The number of hydrogen-bond acceptors (Lipinski definition) is 1. The van der Waals surface area contributed by atoms with E-state index in [-0.39, 0.29) is 0 Å². The minimum atomic E-state index is -0.610. The molecule has 0 radical (unpaired) electrons. The first-order valence-corrected chi connectivity index (χ1v) is 3.11. The molecule has 0 saturated carbocycles. The predicted molar refractivity (Wildman–Crippen MR) is 38.1 cm³/mol. The van der Waals surface area contributed by atoms with Crippen LogP contribution in [0.5, 0.6) is 0 Å². The van der Waals surface area contributed by atoms with Crippen molar-refractivity contribution in [1.29, 1.82) is 0 Å². The van der Waals surface area contributed by atoms with Crippen LogP contribution in [0.2, 0.25) is 0 Å². The Balaban J connectivity index is 2.84. The van der Waals surface area contributed by atoms with Crippen molar-refractivity contribution in [3.05, 3.63) is 43.2 Å². The number of nitrogens with zero attached hydrogens (tertiary/aromatic N) is 1. The zero-order valence-electron chi connectivity index (χ0n) is 5.64. The molecular formula is C8H10NO+. The highest BCUT2D eigenvalue weighted by Gasteiger charge is 2.05. The van der Waals surface area contributed by atoms with E-state index < -0.39 is 6.23 Å². The first kappa shape index (κ1) is 6.96. The molecule has 1 aromatic rings. The number of rotatable bonds is 2. The molecular weight excluding hydrogens is 126 g/mol. The van der Waals surface area contributed by atoms with Crippen molar-refractivity contribution < 1.29 is 9.67 Å². The molecule has 1 atom stereocenters. The van der Waals surface area contributed by atoms with Crippen molar-refractivity contribution in [3.8, 4) is 0 Å². The van der Waals surface area contributed by atoms with Crippen LogP contribution in [0, 0.1) is 0 Å². The zero-order chi connectivity index (χ0) is 7.40. The van der Waals surface area contributed by atoms with Gasteiger partial charge in [-0.2, -0.15) is 4.57 Å². The van der Waals surface area contributed by atoms with Crippen molar-refractivity contribution in [2.24, 2.45) is 0 Å². The maximum absolute atomic E-state index is 9.17. The van der Waals surface area contributed by atoms with E-state index in [0.29, 0.717) is 0 Å². The average molecular weight is 136 g/mol. The van der Waals surface area contributed by atoms with Crippen molar-refractivity contribution in [1.82, 2.24) is 0 Å². The fourth-order valence-electron chi connectivity index (χ4n) is 0.710. The molecule has 1 unspecified atom stereocenters.